The van der Waals surface area contributed by atoms with Gasteiger partial charge in [0.2, 0.25) is 0 Å². The maximum absolute atomic E-state index is 12.9. The Morgan fingerprint density at radius 2 is 1.61 bits per heavy atom. The third-order valence-electron chi connectivity index (χ3n) is 4.91. The quantitative estimate of drug-likeness (QED) is 0.675. The molecule has 0 atom stereocenters. The molecule has 3 aromatic rings. The van der Waals surface area contributed by atoms with Crippen molar-refractivity contribution in [3.8, 4) is 27.7 Å². The molecule has 0 saturated carbocycles. The van der Waals surface area contributed by atoms with Gasteiger partial charge < -0.3 is 19.5 Å². The molecule has 0 aliphatic heterocycles. The first-order valence-electron chi connectivity index (χ1n) is 8.96. The molecular formula is C22H21NO4S. The van der Waals surface area contributed by atoms with Crippen molar-refractivity contribution in [3.05, 3.63) is 58.5 Å². The summed E-state index contributed by atoms with van der Waals surface area (Å²) in [6.45, 7) is 0. The number of rotatable bonds is 5. The Morgan fingerprint density at radius 1 is 0.893 bits per heavy atom. The summed E-state index contributed by atoms with van der Waals surface area (Å²) < 4.78 is 15.9. The molecule has 1 aromatic heterocycles. The van der Waals surface area contributed by atoms with Gasteiger partial charge >= 0.3 is 0 Å². The van der Waals surface area contributed by atoms with Gasteiger partial charge in [-0.3, -0.25) is 4.79 Å². The van der Waals surface area contributed by atoms with Gasteiger partial charge in [0.15, 0.2) is 0 Å². The van der Waals surface area contributed by atoms with Gasteiger partial charge in [0.05, 0.1) is 31.9 Å². The van der Waals surface area contributed by atoms with E-state index < -0.39 is 0 Å². The SMILES string of the molecule is COc1ccc2c(c1)CCc1cc(C(=O)Nc3ccc(OC)cc3OC)sc1-2. The van der Waals surface area contributed by atoms with Crippen LogP contribution < -0.4 is 19.5 Å². The highest BCUT2D eigenvalue weighted by molar-refractivity contribution is 7.17. The summed E-state index contributed by atoms with van der Waals surface area (Å²) in [6, 6.07) is 13.5. The lowest BCUT2D eigenvalue weighted by atomic mass is 9.91. The van der Waals surface area contributed by atoms with Crippen molar-refractivity contribution in [1.82, 2.24) is 0 Å². The maximum Gasteiger partial charge on any atom is 0.265 e. The number of hydrogen-bond acceptors (Lipinski definition) is 5. The Bertz CT molecular complexity index is 1040. The third-order valence-corrected chi connectivity index (χ3v) is 6.12. The number of nitrogens with one attached hydrogen (secondary N) is 1. The number of carbonyl (C=O) groups excluding carboxylic acids is 1. The second kappa shape index (κ2) is 7.56. The first kappa shape index (κ1) is 18.4. The number of methoxy groups -OCH3 is 3. The molecule has 6 heteroatoms. The van der Waals surface area contributed by atoms with E-state index in [1.165, 1.54) is 28.0 Å². The molecule has 0 spiro atoms. The highest BCUT2D eigenvalue weighted by Gasteiger charge is 2.22. The van der Waals surface area contributed by atoms with Gasteiger partial charge in [-0.2, -0.15) is 0 Å². The van der Waals surface area contributed by atoms with Crippen LogP contribution in [0.25, 0.3) is 10.4 Å². The van der Waals surface area contributed by atoms with Crippen molar-refractivity contribution in [2.45, 2.75) is 12.8 Å². The van der Waals surface area contributed by atoms with E-state index in [1.807, 2.05) is 12.1 Å². The third kappa shape index (κ3) is 3.31. The molecular weight excluding hydrogens is 374 g/mol. The second-order valence-corrected chi connectivity index (χ2v) is 7.56. The topological polar surface area (TPSA) is 56.8 Å². The Balaban J connectivity index is 1.62. The van der Waals surface area contributed by atoms with Gasteiger partial charge in [0.1, 0.15) is 17.2 Å². The number of benzene rings is 2. The van der Waals surface area contributed by atoms with Crippen LogP contribution in [-0.2, 0) is 12.8 Å². The van der Waals surface area contributed by atoms with Gasteiger partial charge in [-0.1, -0.05) is 0 Å². The average molecular weight is 395 g/mol. The van der Waals surface area contributed by atoms with Crippen LogP contribution in [0.2, 0.25) is 0 Å². The molecule has 1 heterocycles. The summed E-state index contributed by atoms with van der Waals surface area (Å²) in [6.07, 6.45) is 1.87. The van der Waals surface area contributed by atoms with Crippen molar-refractivity contribution in [2.75, 3.05) is 26.6 Å². The number of aryl methyl sites for hydroxylation is 2. The van der Waals surface area contributed by atoms with Crippen molar-refractivity contribution < 1.29 is 19.0 Å². The highest BCUT2D eigenvalue weighted by Crippen LogP contribution is 2.41. The second-order valence-electron chi connectivity index (χ2n) is 6.51. The van der Waals surface area contributed by atoms with Gasteiger partial charge in [0.25, 0.3) is 5.91 Å². The smallest absolute Gasteiger partial charge is 0.265 e. The minimum Gasteiger partial charge on any atom is -0.497 e. The molecule has 28 heavy (non-hydrogen) atoms. The number of anilines is 1. The molecule has 1 amide bonds. The molecule has 4 rings (SSSR count). The number of ether oxygens (including phenoxy) is 3. The zero-order valence-corrected chi connectivity index (χ0v) is 16.8. The van der Waals surface area contributed by atoms with Crippen molar-refractivity contribution >= 4 is 22.9 Å². The molecule has 0 radical (unpaired) electrons. The van der Waals surface area contributed by atoms with E-state index >= 15 is 0 Å². The molecule has 0 bridgehead atoms. The summed E-state index contributed by atoms with van der Waals surface area (Å²) in [5, 5.41) is 2.95. The van der Waals surface area contributed by atoms with Crippen LogP contribution in [0.15, 0.2) is 42.5 Å². The molecule has 5 nitrogen and oxygen atoms in total. The van der Waals surface area contributed by atoms with Gasteiger partial charge in [-0.25, -0.2) is 0 Å². The fourth-order valence-corrected chi connectivity index (χ4v) is 4.60. The molecule has 2 aromatic carbocycles. The maximum atomic E-state index is 12.9. The lowest BCUT2D eigenvalue weighted by molar-refractivity contribution is 0.103. The number of fused-ring (bicyclic) bond motifs is 3. The molecule has 0 fully saturated rings. The number of amides is 1. The molecule has 144 valence electrons. The Morgan fingerprint density at radius 3 is 2.36 bits per heavy atom. The Kier molecular flexibility index (Phi) is 4.96. The summed E-state index contributed by atoms with van der Waals surface area (Å²) in [7, 11) is 4.84. The summed E-state index contributed by atoms with van der Waals surface area (Å²) in [5.41, 5.74) is 4.28. The van der Waals surface area contributed by atoms with Crippen LogP contribution in [0.4, 0.5) is 5.69 Å². The monoisotopic (exact) mass is 395 g/mol. The van der Waals surface area contributed by atoms with E-state index in [1.54, 1.807) is 39.5 Å². The number of carbonyl (C=O) groups is 1. The zero-order valence-electron chi connectivity index (χ0n) is 16.0. The van der Waals surface area contributed by atoms with E-state index in [4.69, 9.17) is 14.2 Å². The summed E-state index contributed by atoms with van der Waals surface area (Å²) >= 11 is 1.52. The average Bonchev–Trinajstić information content (AvgIpc) is 3.18. The van der Waals surface area contributed by atoms with E-state index in [0.29, 0.717) is 22.1 Å². The number of hydrogen-bond donors (Lipinski definition) is 1. The minimum atomic E-state index is -0.141. The van der Waals surface area contributed by atoms with Crippen LogP contribution in [-0.4, -0.2) is 27.2 Å². The van der Waals surface area contributed by atoms with Crippen LogP contribution >= 0.6 is 11.3 Å². The van der Waals surface area contributed by atoms with Crippen molar-refractivity contribution in [2.24, 2.45) is 0 Å². The van der Waals surface area contributed by atoms with Gasteiger partial charge in [-0.05, 0) is 65.9 Å². The van der Waals surface area contributed by atoms with Crippen LogP contribution in [0.1, 0.15) is 20.8 Å². The standard InChI is InChI=1S/C22H21NO4S/c1-25-15-6-8-17-13(10-15)4-5-14-11-20(28-21(14)17)22(24)23-18-9-7-16(26-2)12-19(18)27-3/h6-12H,4-5H2,1-3H3,(H,23,24). The normalized spacial score (nSPS) is 12.0. The molecule has 0 saturated heterocycles. The molecule has 1 aliphatic rings. The van der Waals surface area contributed by atoms with E-state index in [0.717, 1.165) is 23.5 Å². The minimum absolute atomic E-state index is 0.141. The Hall–Kier alpha value is -2.99. The van der Waals surface area contributed by atoms with Crippen molar-refractivity contribution in [1.29, 1.82) is 0 Å². The van der Waals surface area contributed by atoms with Crippen LogP contribution in [0.5, 0.6) is 17.2 Å². The molecule has 1 aliphatic carbocycles. The number of thiophene rings is 1. The fraction of sp³-hybridized carbons (Fsp3) is 0.227. The molecule has 0 unspecified atom stereocenters. The first-order chi connectivity index (χ1) is 13.6. The predicted molar refractivity (Wildman–Crippen MR) is 111 cm³/mol. The van der Waals surface area contributed by atoms with E-state index in [-0.39, 0.29) is 5.91 Å². The highest BCUT2D eigenvalue weighted by atomic mass is 32.1. The first-order valence-corrected chi connectivity index (χ1v) is 9.78. The van der Waals surface area contributed by atoms with Crippen LogP contribution in [0.3, 0.4) is 0 Å². The summed E-state index contributed by atoms with van der Waals surface area (Å²) in [5.74, 6) is 1.96. The van der Waals surface area contributed by atoms with Crippen molar-refractivity contribution in [3.63, 3.8) is 0 Å². The lowest BCUT2D eigenvalue weighted by Gasteiger charge is -2.16. The predicted octanol–water partition coefficient (Wildman–Crippen LogP) is 4.79. The van der Waals surface area contributed by atoms with Gasteiger partial charge in [-0.15, -0.1) is 11.3 Å². The Labute approximate surface area is 167 Å². The summed E-state index contributed by atoms with van der Waals surface area (Å²) in [4.78, 5) is 14.7. The van der Waals surface area contributed by atoms with Crippen LogP contribution in [0, 0.1) is 0 Å². The fourth-order valence-electron chi connectivity index (χ4n) is 3.43. The van der Waals surface area contributed by atoms with E-state index in [2.05, 4.69) is 17.4 Å². The molecule has 1 N–H and O–H groups in total. The lowest BCUT2D eigenvalue weighted by Crippen LogP contribution is -2.11. The zero-order chi connectivity index (χ0) is 19.7. The largest absolute Gasteiger partial charge is 0.497 e. The van der Waals surface area contributed by atoms with E-state index in [9.17, 15) is 4.79 Å². The van der Waals surface area contributed by atoms with Gasteiger partial charge in [0, 0.05) is 10.9 Å².